The lowest BCUT2D eigenvalue weighted by molar-refractivity contribution is -0.131. The fourth-order valence-electron chi connectivity index (χ4n) is 1.82. The highest BCUT2D eigenvalue weighted by Crippen LogP contribution is 2.14. The molecule has 0 saturated heterocycles. The van der Waals surface area contributed by atoms with Crippen LogP contribution in [-0.2, 0) is 9.59 Å². The van der Waals surface area contributed by atoms with E-state index in [-0.39, 0.29) is 24.1 Å². The number of nitrogens with one attached hydrogen (secondary N) is 1. The van der Waals surface area contributed by atoms with E-state index < -0.39 is 0 Å². The summed E-state index contributed by atoms with van der Waals surface area (Å²) in [4.78, 5) is 29.6. The molecule has 6 heteroatoms. The van der Waals surface area contributed by atoms with Gasteiger partial charge in [0, 0.05) is 18.9 Å². The molecule has 0 aliphatic rings. The van der Waals surface area contributed by atoms with Crippen LogP contribution in [0.25, 0.3) is 0 Å². The smallest absolute Gasteiger partial charge is 0.243 e. The van der Waals surface area contributed by atoms with Crippen molar-refractivity contribution in [3.05, 3.63) is 54.2 Å². The van der Waals surface area contributed by atoms with Gasteiger partial charge < -0.3 is 10.2 Å². The molecule has 1 heterocycles. The third-order valence-corrected chi connectivity index (χ3v) is 4.05. The van der Waals surface area contributed by atoms with E-state index in [1.165, 1.54) is 16.7 Å². The summed E-state index contributed by atoms with van der Waals surface area (Å²) in [5, 5.41) is 3.57. The normalized spacial score (nSPS) is 10.2. The van der Waals surface area contributed by atoms with Gasteiger partial charge in [-0.05, 0) is 31.2 Å². The average Bonchev–Trinajstić information content (AvgIpc) is 2.55. The Bertz CT molecular complexity index is 659. The number of aromatic nitrogens is 1. The molecule has 23 heavy (non-hydrogen) atoms. The largest absolute Gasteiger partial charge is 0.336 e. The second kappa shape index (κ2) is 8.33. The molecule has 0 aliphatic carbocycles. The Morgan fingerprint density at radius 3 is 2.57 bits per heavy atom. The van der Waals surface area contributed by atoms with Crippen molar-refractivity contribution in [3.8, 4) is 0 Å². The first-order chi connectivity index (χ1) is 11.0. The van der Waals surface area contributed by atoms with Crippen molar-refractivity contribution in [2.24, 2.45) is 0 Å². The number of pyridine rings is 1. The Balaban J connectivity index is 1.78. The molecule has 1 aromatic carbocycles. The molecule has 5 nitrogen and oxygen atoms in total. The first kappa shape index (κ1) is 17.0. The van der Waals surface area contributed by atoms with Crippen molar-refractivity contribution in [1.82, 2.24) is 9.88 Å². The summed E-state index contributed by atoms with van der Waals surface area (Å²) >= 11 is 1.36. The SMILES string of the molecule is Cc1ccc(NC(=O)CN(C)C(=O)CSc2ccccn2)cc1. The van der Waals surface area contributed by atoms with Crippen LogP contribution in [0.1, 0.15) is 5.56 Å². The highest BCUT2D eigenvalue weighted by Gasteiger charge is 2.13. The Kier molecular flexibility index (Phi) is 6.17. The lowest BCUT2D eigenvalue weighted by Gasteiger charge is -2.16. The Morgan fingerprint density at radius 2 is 1.91 bits per heavy atom. The fraction of sp³-hybridized carbons (Fsp3) is 0.235. The minimum Gasteiger partial charge on any atom is -0.336 e. The first-order valence-corrected chi connectivity index (χ1v) is 8.17. The van der Waals surface area contributed by atoms with Crippen LogP contribution in [0.2, 0.25) is 0 Å². The number of amides is 2. The molecule has 120 valence electrons. The standard InChI is InChI=1S/C17H19N3O2S/c1-13-6-8-14(9-7-13)19-15(21)11-20(2)17(22)12-23-16-5-3-4-10-18-16/h3-10H,11-12H2,1-2H3,(H,19,21). The van der Waals surface area contributed by atoms with Crippen LogP contribution in [0, 0.1) is 6.92 Å². The summed E-state index contributed by atoms with van der Waals surface area (Å²) in [6.45, 7) is 2.01. The maximum Gasteiger partial charge on any atom is 0.243 e. The van der Waals surface area contributed by atoms with Gasteiger partial charge in [-0.1, -0.05) is 35.5 Å². The molecule has 2 rings (SSSR count). The zero-order valence-corrected chi connectivity index (χ0v) is 14.0. The molecule has 0 spiro atoms. The zero-order chi connectivity index (χ0) is 16.7. The molecule has 0 unspecified atom stereocenters. The second-order valence-corrected chi connectivity index (χ2v) is 6.12. The minimum atomic E-state index is -0.215. The van der Waals surface area contributed by atoms with Gasteiger partial charge in [0.15, 0.2) is 0 Å². The van der Waals surface area contributed by atoms with E-state index in [9.17, 15) is 9.59 Å². The second-order valence-electron chi connectivity index (χ2n) is 5.12. The van der Waals surface area contributed by atoms with Gasteiger partial charge in [0.1, 0.15) is 0 Å². The highest BCUT2D eigenvalue weighted by atomic mass is 32.2. The van der Waals surface area contributed by atoms with Crippen molar-refractivity contribution >= 4 is 29.3 Å². The minimum absolute atomic E-state index is 0.0233. The number of benzene rings is 1. The van der Waals surface area contributed by atoms with Gasteiger partial charge in [-0.3, -0.25) is 9.59 Å². The predicted molar refractivity (Wildman–Crippen MR) is 92.4 cm³/mol. The Hall–Kier alpha value is -2.34. The van der Waals surface area contributed by atoms with Gasteiger partial charge in [-0.25, -0.2) is 4.98 Å². The number of likely N-dealkylation sites (N-methyl/N-ethyl adjacent to an activating group) is 1. The molecule has 0 aliphatic heterocycles. The topological polar surface area (TPSA) is 62.3 Å². The summed E-state index contributed by atoms with van der Waals surface area (Å²) in [5.41, 5.74) is 1.85. The van der Waals surface area contributed by atoms with Crippen LogP contribution < -0.4 is 5.32 Å². The Labute approximate surface area is 140 Å². The van der Waals surface area contributed by atoms with Gasteiger partial charge in [0.05, 0.1) is 17.3 Å². The Morgan fingerprint density at radius 1 is 1.17 bits per heavy atom. The van der Waals surface area contributed by atoms with Crippen LogP contribution in [-0.4, -0.2) is 41.0 Å². The molecule has 1 N–H and O–H groups in total. The summed E-state index contributed by atoms with van der Waals surface area (Å²) in [7, 11) is 1.62. The van der Waals surface area contributed by atoms with Crippen LogP contribution in [0.15, 0.2) is 53.7 Å². The number of carbonyl (C=O) groups is 2. The van der Waals surface area contributed by atoms with Crippen LogP contribution in [0.5, 0.6) is 0 Å². The van der Waals surface area contributed by atoms with Gasteiger partial charge in [0.25, 0.3) is 0 Å². The molecule has 2 amide bonds. The van der Waals surface area contributed by atoms with Crippen molar-refractivity contribution in [2.75, 3.05) is 24.7 Å². The van der Waals surface area contributed by atoms with E-state index in [0.717, 1.165) is 16.3 Å². The highest BCUT2D eigenvalue weighted by molar-refractivity contribution is 7.99. The van der Waals surface area contributed by atoms with Crippen molar-refractivity contribution in [3.63, 3.8) is 0 Å². The van der Waals surface area contributed by atoms with E-state index in [2.05, 4.69) is 10.3 Å². The molecule has 0 saturated carbocycles. The predicted octanol–water partition coefficient (Wildman–Crippen LogP) is 2.58. The van der Waals surface area contributed by atoms with Gasteiger partial charge in [-0.2, -0.15) is 0 Å². The quantitative estimate of drug-likeness (QED) is 0.828. The summed E-state index contributed by atoms with van der Waals surface area (Å²) in [6.07, 6.45) is 1.69. The average molecular weight is 329 g/mol. The summed E-state index contributed by atoms with van der Waals surface area (Å²) in [6, 6.07) is 13.1. The summed E-state index contributed by atoms with van der Waals surface area (Å²) < 4.78 is 0. The summed E-state index contributed by atoms with van der Waals surface area (Å²) in [5.74, 6) is -0.0713. The maximum atomic E-state index is 12.0. The fourth-order valence-corrected chi connectivity index (χ4v) is 2.62. The number of carbonyl (C=O) groups excluding carboxylic acids is 2. The van der Waals surface area contributed by atoms with Crippen molar-refractivity contribution < 1.29 is 9.59 Å². The molecule has 0 bridgehead atoms. The maximum absolute atomic E-state index is 12.0. The van der Waals surface area contributed by atoms with E-state index in [0.29, 0.717) is 0 Å². The molecular formula is C17H19N3O2S. The van der Waals surface area contributed by atoms with Gasteiger partial charge in [-0.15, -0.1) is 0 Å². The molecule has 0 fully saturated rings. The molecule has 1 aromatic heterocycles. The van der Waals surface area contributed by atoms with Gasteiger partial charge in [0.2, 0.25) is 11.8 Å². The number of nitrogens with zero attached hydrogens (tertiary/aromatic N) is 2. The van der Waals surface area contributed by atoms with Crippen LogP contribution in [0.4, 0.5) is 5.69 Å². The first-order valence-electron chi connectivity index (χ1n) is 7.19. The van der Waals surface area contributed by atoms with E-state index in [1.807, 2.05) is 49.4 Å². The van der Waals surface area contributed by atoms with Crippen LogP contribution in [0.3, 0.4) is 0 Å². The number of anilines is 1. The van der Waals surface area contributed by atoms with Crippen LogP contribution >= 0.6 is 11.8 Å². The lowest BCUT2D eigenvalue weighted by atomic mass is 10.2. The van der Waals surface area contributed by atoms with E-state index in [1.54, 1.807) is 13.2 Å². The number of thioether (sulfide) groups is 1. The lowest BCUT2D eigenvalue weighted by Crippen LogP contribution is -2.35. The van der Waals surface area contributed by atoms with Crippen molar-refractivity contribution in [2.45, 2.75) is 11.9 Å². The number of hydrogen-bond acceptors (Lipinski definition) is 4. The number of hydrogen-bond donors (Lipinski definition) is 1. The van der Waals surface area contributed by atoms with E-state index >= 15 is 0 Å². The zero-order valence-electron chi connectivity index (χ0n) is 13.2. The van der Waals surface area contributed by atoms with Crippen molar-refractivity contribution in [1.29, 1.82) is 0 Å². The molecular weight excluding hydrogens is 310 g/mol. The number of rotatable bonds is 6. The van der Waals surface area contributed by atoms with Gasteiger partial charge >= 0.3 is 0 Å². The molecule has 0 radical (unpaired) electrons. The molecule has 0 atom stereocenters. The number of aryl methyl sites for hydroxylation is 1. The molecule has 2 aromatic rings. The third kappa shape index (κ3) is 5.75. The monoisotopic (exact) mass is 329 g/mol. The third-order valence-electron chi connectivity index (χ3n) is 3.12. The van der Waals surface area contributed by atoms with E-state index in [4.69, 9.17) is 0 Å².